The summed E-state index contributed by atoms with van der Waals surface area (Å²) in [6, 6.07) is 6.64. The summed E-state index contributed by atoms with van der Waals surface area (Å²) in [6.45, 7) is 1.79. The molecular formula is C12H14N2O4S2. The summed E-state index contributed by atoms with van der Waals surface area (Å²) in [5.41, 5.74) is 2.03. The second kappa shape index (κ2) is 5.78. The fraction of sp³-hybridized carbons (Fsp3) is 0.250. The van der Waals surface area contributed by atoms with Gasteiger partial charge >= 0.3 is 0 Å². The van der Waals surface area contributed by atoms with Gasteiger partial charge in [0.15, 0.2) is 0 Å². The first-order valence-electron chi connectivity index (χ1n) is 5.93. The molecule has 0 aliphatic heterocycles. The van der Waals surface area contributed by atoms with E-state index in [2.05, 4.69) is 4.72 Å². The van der Waals surface area contributed by atoms with Gasteiger partial charge in [0.25, 0.3) is 5.91 Å². The third-order valence-corrected chi connectivity index (χ3v) is 5.20. The molecule has 0 radical (unpaired) electrons. The Morgan fingerprint density at radius 3 is 2.75 bits per heavy atom. The molecule has 6 nitrogen and oxygen atoms in total. The highest BCUT2D eigenvalue weighted by Gasteiger charge is 2.12. The zero-order chi connectivity index (χ0) is 14.8. The molecule has 2 rings (SSSR count). The van der Waals surface area contributed by atoms with Crippen molar-refractivity contribution >= 4 is 43.0 Å². The molecular weight excluding hydrogens is 300 g/mol. The molecule has 0 atom stereocenters. The van der Waals surface area contributed by atoms with Crippen LogP contribution in [0.1, 0.15) is 23.0 Å². The third-order valence-electron chi connectivity index (χ3n) is 2.59. The molecule has 1 amide bonds. The Hall–Kier alpha value is -1.64. The summed E-state index contributed by atoms with van der Waals surface area (Å²) in [4.78, 5) is 11.7. The predicted molar refractivity (Wildman–Crippen MR) is 78.8 cm³/mol. The SMILES string of the molecule is CCCS(=O)(=O)Nc1ccc2sc(C(=O)NO)cc2c1. The zero-order valence-electron chi connectivity index (χ0n) is 10.7. The van der Waals surface area contributed by atoms with E-state index in [-0.39, 0.29) is 5.75 Å². The Labute approximate surface area is 120 Å². The van der Waals surface area contributed by atoms with Gasteiger partial charge in [0.1, 0.15) is 0 Å². The molecule has 2 aromatic rings. The number of anilines is 1. The highest BCUT2D eigenvalue weighted by atomic mass is 32.2. The van der Waals surface area contributed by atoms with Gasteiger partial charge in [0.05, 0.1) is 10.6 Å². The number of hydroxylamine groups is 1. The van der Waals surface area contributed by atoms with Crippen LogP contribution < -0.4 is 10.2 Å². The molecule has 0 spiro atoms. The van der Waals surface area contributed by atoms with E-state index in [4.69, 9.17) is 5.21 Å². The van der Waals surface area contributed by atoms with E-state index >= 15 is 0 Å². The largest absolute Gasteiger partial charge is 0.288 e. The van der Waals surface area contributed by atoms with Crippen LogP contribution >= 0.6 is 11.3 Å². The van der Waals surface area contributed by atoms with Crippen molar-refractivity contribution in [3.05, 3.63) is 29.1 Å². The highest BCUT2D eigenvalue weighted by molar-refractivity contribution is 7.92. The summed E-state index contributed by atoms with van der Waals surface area (Å²) in [5, 5.41) is 9.34. The number of thiophene rings is 1. The van der Waals surface area contributed by atoms with Gasteiger partial charge in [-0.3, -0.25) is 14.7 Å². The van der Waals surface area contributed by atoms with E-state index in [1.807, 2.05) is 0 Å². The van der Waals surface area contributed by atoms with Crippen molar-refractivity contribution in [2.24, 2.45) is 0 Å². The fourth-order valence-corrected chi connectivity index (χ4v) is 3.83. The number of carbonyl (C=O) groups excluding carboxylic acids is 1. The summed E-state index contributed by atoms with van der Waals surface area (Å²) in [5.74, 6) is -0.522. The number of nitrogens with one attached hydrogen (secondary N) is 2. The minimum Gasteiger partial charge on any atom is -0.288 e. The molecule has 0 bridgehead atoms. The van der Waals surface area contributed by atoms with Crippen molar-refractivity contribution in [3.63, 3.8) is 0 Å². The van der Waals surface area contributed by atoms with Gasteiger partial charge in [-0.05, 0) is 36.1 Å². The monoisotopic (exact) mass is 314 g/mol. The normalized spacial score (nSPS) is 11.5. The van der Waals surface area contributed by atoms with Gasteiger partial charge in [0, 0.05) is 10.4 Å². The molecule has 0 aliphatic carbocycles. The Kier molecular flexibility index (Phi) is 4.26. The van der Waals surface area contributed by atoms with Gasteiger partial charge in [-0.25, -0.2) is 13.9 Å². The van der Waals surface area contributed by atoms with Gasteiger partial charge in [-0.2, -0.15) is 0 Å². The van der Waals surface area contributed by atoms with Gasteiger partial charge in [-0.1, -0.05) is 6.92 Å². The van der Waals surface area contributed by atoms with Crippen molar-refractivity contribution < 1.29 is 18.4 Å². The molecule has 0 fully saturated rings. The lowest BCUT2D eigenvalue weighted by Gasteiger charge is -2.06. The van der Waals surface area contributed by atoms with E-state index in [1.165, 1.54) is 11.3 Å². The number of hydrogen-bond acceptors (Lipinski definition) is 5. The summed E-state index contributed by atoms with van der Waals surface area (Å²) in [7, 11) is -3.33. The first-order chi connectivity index (χ1) is 9.45. The Morgan fingerprint density at radius 2 is 2.10 bits per heavy atom. The molecule has 0 saturated carbocycles. The summed E-state index contributed by atoms with van der Waals surface area (Å²) in [6.07, 6.45) is 0.539. The number of benzene rings is 1. The molecule has 0 aliphatic rings. The number of rotatable bonds is 5. The van der Waals surface area contributed by atoms with Crippen LogP contribution in [0.25, 0.3) is 10.1 Å². The second-order valence-electron chi connectivity index (χ2n) is 4.23. The van der Waals surface area contributed by atoms with Crippen molar-refractivity contribution in [3.8, 4) is 0 Å². The van der Waals surface area contributed by atoms with E-state index in [9.17, 15) is 13.2 Å². The van der Waals surface area contributed by atoms with Gasteiger partial charge in [-0.15, -0.1) is 11.3 Å². The standard InChI is InChI=1S/C12H14N2O4S2/c1-2-5-20(17,18)14-9-3-4-10-8(6-9)7-11(19-10)12(15)13-16/h3-4,6-7,14,16H,2,5H2,1H3,(H,13,15). The molecule has 8 heteroatoms. The lowest BCUT2D eigenvalue weighted by atomic mass is 10.2. The Balaban J connectivity index is 2.32. The lowest BCUT2D eigenvalue weighted by molar-refractivity contribution is 0.0711. The zero-order valence-corrected chi connectivity index (χ0v) is 12.3. The number of amides is 1. The molecule has 0 saturated heterocycles. The van der Waals surface area contributed by atoms with Crippen LogP contribution in [0.15, 0.2) is 24.3 Å². The number of fused-ring (bicyclic) bond motifs is 1. The average molecular weight is 314 g/mol. The summed E-state index contributed by atoms with van der Waals surface area (Å²) >= 11 is 1.22. The molecule has 20 heavy (non-hydrogen) atoms. The molecule has 1 aromatic heterocycles. The van der Waals surface area contributed by atoms with Crippen molar-refractivity contribution in [2.75, 3.05) is 10.5 Å². The fourth-order valence-electron chi connectivity index (χ4n) is 1.77. The number of hydrogen-bond donors (Lipinski definition) is 3. The van der Waals surface area contributed by atoms with Crippen LogP contribution in [-0.2, 0) is 10.0 Å². The van der Waals surface area contributed by atoms with Crippen LogP contribution in [-0.4, -0.2) is 25.3 Å². The average Bonchev–Trinajstić information content (AvgIpc) is 2.80. The first-order valence-corrected chi connectivity index (χ1v) is 8.40. The van der Waals surface area contributed by atoms with Crippen molar-refractivity contribution in [1.82, 2.24) is 5.48 Å². The Morgan fingerprint density at radius 1 is 1.35 bits per heavy atom. The highest BCUT2D eigenvalue weighted by Crippen LogP contribution is 2.28. The second-order valence-corrected chi connectivity index (χ2v) is 7.15. The maximum atomic E-state index is 11.7. The Bertz CT molecular complexity index is 737. The van der Waals surface area contributed by atoms with E-state index in [1.54, 1.807) is 36.7 Å². The molecule has 3 N–H and O–H groups in total. The molecule has 1 aromatic carbocycles. The van der Waals surface area contributed by atoms with Crippen LogP contribution in [0, 0.1) is 0 Å². The van der Waals surface area contributed by atoms with E-state index < -0.39 is 15.9 Å². The maximum absolute atomic E-state index is 11.7. The maximum Gasteiger partial charge on any atom is 0.284 e. The van der Waals surface area contributed by atoms with Crippen molar-refractivity contribution in [2.45, 2.75) is 13.3 Å². The van der Waals surface area contributed by atoms with Crippen LogP contribution in [0.3, 0.4) is 0 Å². The smallest absolute Gasteiger partial charge is 0.284 e. The topological polar surface area (TPSA) is 95.5 Å². The number of sulfonamides is 1. The van der Waals surface area contributed by atoms with E-state index in [0.717, 1.165) is 10.1 Å². The van der Waals surface area contributed by atoms with Crippen LogP contribution in [0.4, 0.5) is 5.69 Å². The molecule has 108 valence electrons. The van der Waals surface area contributed by atoms with E-state index in [0.29, 0.717) is 17.0 Å². The quantitative estimate of drug-likeness (QED) is 0.582. The molecule has 0 unspecified atom stereocenters. The minimum atomic E-state index is -3.33. The van der Waals surface area contributed by atoms with Crippen LogP contribution in [0.2, 0.25) is 0 Å². The van der Waals surface area contributed by atoms with Gasteiger partial charge in [0.2, 0.25) is 10.0 Å². The predicted octanol–water partition coefficient (Wildman–Crippen LogP) is 2.17. The first kappa shape index (κ1) is 14.8. The van der Waals surface area contributed by atoms with Crippen LogP contribution in [0.5, 0.6) is 0 Å². The minimum absolute atomic E-state index is 0.0623. The van der Waals surface area contributed by atoms with Crippen molar-refractivity contribution in [1.29, 1.82) is 0 Å². The number of carbonyl (C=O) groups is 1. The van der Waals surface area contributed by atoms with Gasteiger partial charge < -0.3 is 0 Å². The third kappa shape index (κ3) is 3.27. The lowest BCUT2D eigenvalue weighted by Crippen LogP contribution is -2.16. The summed E-state index contributed by atoms with van der Waals surface area (Å²) < 4.78 is 26.7. The molecule has 1 heterocycles.